The lowest BCUT2D eigenvalue weighted by Gasteiger charge is -2.08. The van der Waals surface area contributed by atoms with E-state index in [4.69, 9.17) is 5.11 Å². The Balaban J connectivity index is 2.68. The molecular weight excluding hydrogens is 305 g/mol. The molecule has 4 nitrogen and oxygen atoms in total. The molecule has 0 atom stereocenters. The number of carboxylic acid groups (broad SMARTS) is 1. The minimum atomic E-state index is -4.52. The SMILES string of the molecule is O=C(O)c1cn2cc(Br)c(C(F)(F)F)cc2n1. The fourth-order valence-corrected chi connectivity index (χ4v) is 1.89. The molecule has 17 heavy (non-hydrogen) atoms. The van der Waals surface area contributed by atoms with Crippen LogP contribution in [0.3, 0.4) is 0 Å². The molecule has 2 rings (SSSR count). The van der Waals surface area contributed by atoms with Gasteiger partial charge in [-0.3, -0.25) is 0 Å². The number of aromatic nitrogens is 2. The largest absolute Gasteiger partial charge is 0.476 e. The number of carbonyl (C=O) groups is 1. The van der Waals surface area contributed by atoms with E-state index in [2.05, 4.69) is 20.9 Å². The Morgan fingerprint density at radius 3 is 2.59 bits per heavy atom. The Kier molecular flexibility index (Phi) is 2.61. The molecule has 0 aliphatic heterocycles. The van der Waals surface area contributed by atoms with Crippen LogP contribution in [-0.4, -0.2) is 20.5 Å². The number of rotatable bonds is 1. The van der Waals surface area contributed by atoms with E-state index >= 15 is 0 Å². The predicted molar refractivity (Wildman–Crippen MR) is 54.9 cm³/mol. The summed E-state index contributed by atoms with van der Waals surface area (Å²) in [6.07, 6.45) is -2.25. The molecule has 0 saturated carbocycles. The van der Waals surface area contributed by atoms with E-state index in [1.54, 1.807) is 0 Å². The number of hydrogen-bond donors (Lipinski definition) is 1. The number of imidazole rings is 1. The zero-order valence-electron chi connectivity index (χ0n) is 7.99. The molecule has 2 aromatic rings. The van der Waals surface area contributed by atoms with E-state index in [9.17, 15) is 18.0 Å². The highest BCUT2D eigenvalue weighted by atomic mass is 79.9. The van der Waals surface area contributed by atoms with Gasteiger partial charge in [-0.15, -0.1) is 0 Å². The van der Waals surface area contributed by atoms with Crippen LogP contribution in [0.15, 0.2) is 22.9 Å². The summed E-state index contributed by atoms with van der Waals surface area (Å²) < 4.78 is 38.7. The van der Waals surface area contributed by atoms with Crippen molar-refractivity contribution in [2.75, 3.05) is 0 Å². The van der Waals surface area contributed by atoms with Gasteiger partial charge in [0.25, 0.3) is 0 Å². The number of carboxylic acids is 1. The van der Waals surface area contributed by atoms with Crippen molar-refractivity contribution in [3.8, 4) is 0 Å². The highest BCUT2D eigenvalue weighted by Gasteiger charge is 2.33. The number of aromatic carboxylic acids is 1. The zero-order valence-corrected chi connectivity index (χ0v) is 9.58. The second-order valence-corrected chi connectivity index (χ2v) is 4.08. The van der Waals surface area contributed by atoms with E-state index in [0.29, 0.717) is 0 Å². The number of alkyl halides is 3. The Bertz CT molecular complexity index is 606. The van der Waals surface area contributed by atoms with Crippen molar-refractivity contribution < 1.29 is 23.1 Å². The maximum atomic E-state index is 12.6. The lowest BCUT2D eigenvalue weighted by molar-refractivity contribution is -0.138. The normalized spacial score (nSPS) is 12.0. The van der Waals surface area contributed by atoms with Crippen LogP contribution in [0.4, 0.5) is 13.2 Å². The summed E-state index contributed by atoms with van der Waals surface area (Å²) in [7, 11) is 0. The van der Waals surface area contributed by atoms with Crippen molar-refractivity contribution in [2.24, 2.45) is 0 Å². The number of halogens is 4. The van der Waals surface area contributed by atoms with Crippen LogP contribution in [-0.2, 0) is 6.18 Å². The summed E-state index contributed by atoms with van der Waals surface area (Å²) >= 11 is 2.78. The summed E-state index contributed by atoms with van der Waals surface area (Å²) in [5.74, 6) is -1.29. The second kappa shape index (κ2) is 3.73. The Morgan fingerprint density at radius 2 is 2.06 bits per heavy atom. The summed E-state index contributed by atoms with van der Waals surface area (Å²) in [5, 5.41) is 8.67. The Labute approximate surface area is 101 Å². The first-order chi connectivity index (χ1) is 7.79. The molecule has 1 N–H and O–H groups in total. The maximum absolute atomic E-state index is 12.6. The van der Waals surface area contributed by atoms with Crippen molar-refractivity contribution in [1.82, 2.24) is 9.38 Å². The van der Waals surface area contributed by atoms with Gasteiger partial charge in [0.05, 0.1) is 5.56 Å². The number of nitrogens with zero attached hydrogens (tertiary/aromatic N) is 2. The van der Waals surface area contributed by atoms with Gasteiger partial charge in [0.2, 0.25) is 0 Å². The number of pyridine rings is 1. The van der Waals surface area contributed by atoms with Gasteiger partial charge in [-0.05, 0) is 22.0 Å². The summed E-state index contributed by atoms with van der Waals surface area (Å²) in [4.78, 5) is 14.2. The van der Waals surface area contributed by atoms with Gasteiger partial charge < -0.3 is 9.51 Å². The number of fused-ring (bicyclic) bond motifs is 1. The molecule has 0 spiro atoms. The lowest BCUT2D eigenvalue weighted by atomic mass is 10.2. The van der Waals surface area contributed by atoms with Crippen molar-refractivity contribution in [1.29, 1.82) is 0 Å². The van der Waals surface area contributed by atoms with Crippen molar-refractivity contribution in [3.63, 3.8) is 0 Å². The van der Waals surface area contributed by atoms with E-state index in [0.717, 1.165) is 18.5 Å². The molecule has 90 valence electrons. The smallest absolute Gasteiger partial charge is 0.417 e. The van der Waals surface area contributed by atoms with E-state index in [-0.39, 0.29) is 15.8 Å². The van der Waals surface area contributed by atoms with Crippen molar-refractivity contribution in [3.05, 3.63) is 34.2 Å². The topological polar surface area (TPSA) is 54.6 Å². The van der Waals surface area contributed by atoms with E-state index in [1.807, 2.05) is 0 Å². The van der Waals surface area contributed by atoms with Crippen LogP contribution in [0.1, 0.15) is 16.1 Å². The first-order valence-corrected chi connectivity index (χ1v) is 5.07. The van der Waals surface area contributed by atoms with Crippen LogP contribution >= 0.6 is 15.9 Å². The van der Waals surface area contributed by atoms with Crippen LogP contribution in [0, 0.1) is 0 Å². The summed E-state index contributed by atoms with van der Waals surface area (Å²) in [5.41, 5.74) is -1.28. The third-order valence-electron chi connectivity index (χ3n) is 2.07. The third kappa shape index (κ3) is 2.12. The van der Waals surface area contributed by atoms with Gasteiger partial charge in [0, 0.05) is 16.9 Å². The van der Waals surface area contributed by atoms with E-state index in [1.165, 1.54) is 4.40 Å². The Morgan fingerprint density at radius 1 is 1.41 bits per heavy atom. The van der Waals surface area contributed by atoms with Crippen molar-refractivity contribution in [2.45, 2.75) is 6.18 Å². The molecule has 0 saturated heterocycles. The highest BCUT2D eigenvalue weighted by molar-refractivity contribution is 9.10. The van der Waals surface area contributed by atoms with Gasteiger partial charge in [-0.1, -0.05) is 0 Å². The van der Waals surface area contributed by atoms with Gasteiger partial charge in [-0.2, -0.15) is 13.2 Å². The molecule has 8 heteroatoms. The molecule has 2 heterocycles. The van der Waals surface area contributed by atoms with Crippen molar-refractivity contribution >= 4 is 27.5 Å². The molecule has 0 aliphatic carbocycles. The highest BCUT2D eigenvalue weighted by Crippen LogP contribution is 2.35. The van der Waals surface area contributed by atoms with Gasteiger partial charge in [-0.25, -0.2) is 9.78 Å². The Hall–Kier alpha value is -1.57. The molecule has 0 radical (unpaired) electrons. The molecule has 0 unspecified atom stereocenters. The average molecular weight is 309 g/mol. The van der Waals surface area contributed by atoms with Crippen LogP contribution in [0.5, 0.6) is 0 Å². The van der Waals surface area contributed by atoms with E-state index < -0.39 is 17.7 Å². The first-order valence-electron chi connectivity index (χ1n) is 4.28. The zero-order chi connectivity index (χ0) is 12.8. The first kappa shape index (κ1) is 11.9. The van der Waals surface area contributed by atoms with Crippen LogP contribution in [0.25, 0.3) is 5.65 Å². The van der Waals surface area contributed by atoms with Gasteiger partial charge >= 0.3 is 12.1 Å². The molecule has 0 aromatic carbocycles. The minimum absolute atomic E-state index is 0.0714. The van der Waals surface area contributed by atoms with Gasteiger partial charge in [0.1, 0.15) is 5.65 Å². The quantitative estimate of drug-likeness (QED) is 0.881. The molecule has 0 bridgehead atoms. The fraction of sp³-hybridized carbons (Fsp3) is 0.111. The number of hydrogen-bond acceptors (Lipinski definition) is 2. The lowest BCUT2D eigenvalue weighted by Crippen LogP contribution is -2.07. The summed E-state index contributed by atoms with van der Waals surface area (Å²) in [6, 6.07) is 0.788. The monoisotopic (exact) mass is 308 g/mol. The minimum Gasteiger partial charge on any atom is -0.476 e. The van der Waals surface area contributed by atoms with Crippen LogP contribution in [0.2, 0.25) is 0 Å². The average Bonchev–Trinajstić information content (AvgIpc) is 2.57. The third-order valence-corrected chi connectivity index (χ3v) is 2.70. The predicted octanol–water partition coefficient (Wildman–Crippen LogP) is 2.81. The molecular formula is C9H4BrF3N2O2. The molecule has 0 aliphatic rings. The fourth-order valence-electron chi connectivity index (χ4n) is 1.33. The maximum Gasteiger partial charge on any atom is 0.417 e. The van der Waals surface area contributed by atoms with Crippen LogP contribution < -0.4 is 0 Å². The molecule has 2 aromatic heterocycles. The second-order valence-electron chi connectivity index (χ2n) is 3.23. The molecule has 0 amide bonds. The summed E-state index contributed by atoms with van der Waals surface area (Å²) in [6.45, 7) is 0. The van der Waals surface area contributed by atoms with Gasteiger partial charge in [0.15, 0.2) is 5.69 Å². The molecule has 0 fully saturated rings. The standard InChI is InChI=1S/C9H4BrF3N2O2/c10-5-2-15-3-6(8(16)17)14-7(15)1-4(5)9(11,12)13/h1-3H,(H,16,17).